The van der Waals surface area contributed by atoms with Gasteiger partial charge in [0.15, 0.2) is 0 Å². The summed E-state index contributed by atoms with van der Waals surface area (Å²) in [7, 11) is 0. The second kappa shape index (κ2) is 7.64. The van der Waals surface area contributed by atoms with Gasteiger partial charge in [-0.25, -0.2) is 0 Å². The maximum atomic E-state index is 12.6. The van der Waals surface area contributed by atoms with Crippen LogP contribution >= 0.6 is 0 Å². The summed E-state index contributed by atoms with van der Waals surface area (Å²) in [6.45, 7) is 5.09. The van der Waals surface area contributed by atoms with Crippen molar-refractivity contribution in [3.63, 3.8) is 0 Å². The number of furan rings is 1. The molecule has 2 fully saturated rings. The van der Waals surface area contributed by atoms with E-state index < -0.39 is 0 Å². The zero-order valence-electron chi connectivity index (χ0n) is 17.5. The minimum absolute atomic E-state index is 0.244. The van der Waals surface area contributed by atoms with Crippen molar-refractivity contribution in [1.29, 1.82) is 0 Å². The van der Waals surface area contributed by atoms with Gasteiger partial charge in [0.05, 0.1) is 6.54 Å². The van der Waals surface area contributed by atoms with Gasteiger partial charge in [-0.2, -0.15) is 0 Å². The van der Waals surface area contributed by atoms with Crippen LogP contribution in [0.3, 0.4) is 0 Å². The van der Waals surface area contributed by atoms with Gasteiger partial charge < -0.3 is 9.73 Å². The lowest BCUT2D eigenvalue weighted by Gasteiger charge is -2.40. The highest BCUT2D eigenvalue weighted by atomic mass is 16.3. The lowest BCUT2D eigenvalue weighted by Crippen LogP contribution is -2.41. The van der Waals surface area contributed by atoms with Gasteiger partial charge in [0, 0.05) is 12.5 Å². The van der Waals surface area contributed by atoms with Crippen LogP contribution in [0.25, 0.3) is 0 Å². The fourth-order valence-electron chi connectivity index (χ4n) is 5.68. The lowest BCUT2D eigenvalue weighted by atomic mass is 9.73. The maximum Gasteiger partial charge on any atom is 0.220 e. The third-order valence-electron chi connectivity index (χ3n) is 7.50. The normalized spacial score (nSPS) is 23.7. The lowest BCUT2D eigenvalue weighted by molar-refractivity contribution is -0.122. The topological polar surface area (TPSA) is 45.5 Å². The second-order valence-electron chi connectivity index (χ2n) is 9.46. The van der Waals surface area contributed by atoms with Gasteiger partial charge in [-0.05, 0) is 93.1 Å². The highest BCUT2D eigenvalue weighted by Gasteiger charge is 2.45. The molecule has 154 valence electrons. The van der Waals surface area contributed by atoms with Gasteiger partial charge in [-0.15, -0.1) is 0 Å². The monoisotopic (exact) mass is 392 g/mol. The van der Waals surface area contributed by atoms with E-state index >= 15 is 0 Å². The smallest absolute Gasteiger partial charge is 0.220 e. The summed E-state index contributed by atoms with van der Waals surface area (Å²) < 4.78 is 5.78. The summed E-state index contributed by atoms with van der Waals surface area (Å²) in [6.07, 6.45) is 7.68. The van der Waals surface area contributed by atoms with Crippen LogP contribution < -0.4 is 5.32 Å². The zero-order valence-corrected chi connectivity index (χ0v) is 17.5. The van der Waals surface area contributed by atoms with Crippen LogP contribution in [0.15, 0.2) is 40.8 Å². The fourth-order valence-corrected chi connectivity index (χ4v) is 5.68. The van der Waals surface area contributed by atoms with Crippen molar-refractivity contribution in [1.82, 2.24) is 10.2 Å². The first kappa shape index (κ1) is 18.9. The van der Waals surface area contributed by atoms with E-state index in [1.807, 2.05) is 13.0 Å². The molecule has 1 aliphatic heterocycles. The van der Waals surface area contributed by atoms with Crippen molar-refractivity contribution in [2.45, 2.75) is 75.8 Å². The van der Waals surface area contributed by atoms with E-state index in [2.05, 4.69) is 40.5 Å². The second-order valence-corrected chi connectivity index (χ2v) is 9.46. The number of amides is 1. The number of aryl methyl sites for hydroxylation is 1. The van der Waals surface area contributed by atoms with Gasteiger partial charge in [-0.3, -0.25) is 9.69 Å². The van der Waals surface area contributed by atoms with Crippen LogP contribution in [-0.2, 0) is 16.8 Å². The number of fused-ring (bicyclic) bond motifs is 2. The largest absolute Gasteiger partial charge is 0.465 e. The number of piperidine rings is 1. The molecule has 0 bridgehead atoms. The Balaban J connectivity index is 1.26. The van der Waals surface area contributed by atoms with Crippen LogP contribution in [0, 0.1) is 6.92 Å². The van der Waals surface area contributed by atoms with Crippen LogP contribution in [0.4, 0.5) is 0 Å². The molecular formula is C25H32N2O2. The molecule has 1 aromatic carbocycles. The molecule has 1 N–H and O–H groups in total. The number of hydrogen-bond acceptors (Lipinski definition) is 3. The van der Waals surface area contributed by atoms with Crippen molar-refractivity contribution >= 4 is 5.91 Å². The Morgan fingerprint density at radius 3 is 2.66 bits per heavy atom. The number of hydrogen-bond donors (Lipinski definition) is 1. The Kier molecular flexibility index (Phi) is 4.99. The summed E-state index contributed by atoms with van der Waals surface area (Å²) in [6, 6.07) is 13.5. The SMILES string of the molecule is Cc1ccc(CN2CCC3(CC2)C[C@@H](CC(=O)NC2CCC2)c2ccccc23)o1. The molecular weight excluding hydrogens is 360 g/mol. The summed E-state index contributed by atoms with van der Waals surface area (Å²) >= 11 is 0. The van der Waals surface area contributed by atoms with E-state index in [1.165, 1.54) is 30.4 Å². The molecule has 1 aromatic heterocycles. The third-order valence-corrected chi connectivity index (χ3v) is 7.50. The molecule has 1 saturated heterocycles. The molecule has 4 heteroatoms. The summed E-state index contributed by atoms with van der Waals surface area (Å²) in [5.74, 6) is 2.67. The van der Waals surface area contributed by atoms with E-state index in [4.69, 9.17) is 4.42 Å². The Labute approximate surface area is 173 Å². The molecule has 0 unspecified atom stereocenters. The minimum Gasteiger partial charge on any atom is -0.465 e. The highest BCUT2D eigenvalue weighted by molar-refractivity contribution is 5.77. The van der Waals surface area contributed by atoms with E-state index in [-0.39, 0.29) is 11.3 Å². The van der Waals surface area contributed by atoms with E-state index in [0.717, 1.165) is 50.4 Å². The van der Waals surface area contributed by atoms with Gasteiger partial charge in [-0.1, -0.05) is 24.3 Å². The molecule has 3 aliphatic rings. The number of likely N-dealkylation sites (tertiary alicyclic amines) is 1. The van der Waals surface area contributed by atoms with Gasteiger partial charge >= 0.3 is 0 Å². The summed E-state index contributed by atoms with van der Waals surface area (Å²) in [5, 5.41) is 3.24. The van der Waals surface area contributed by atoms with Gasteiger partial charge in [0.25, 0.3) is 0 Å². The molecule has 0 radical (unpaired) electrons. The molecule has 29 heavy (non-hydrogen) atoms. The predicted octanol–water partition coefficient (Wildman–Crippen LogP) is 4.67. The van der Waals surface area contributed by atoms with E-state index in [1.54, 1.807) is 0 Å². The van der Waals surface area contributed by atoms with Crippen molar-refractivity contribution in [2.24, 2.45) is 0 Å². The first-order valence-electron chi connectivity index (χ1n) is 11.3. The quantitative estimate of drug-likeness (QED) is 0.804. The first-order chi connectivity index (χ1) is 14.1. The number of rotatable bonds is 5. The van der Waals surface area contributed by atoms with E-state index in [0.29, 0.717) is 18.4 Å². The average Bonchev–Trinajstić information content (AvgIpc) is 3.23. The number of carbonyl (C=O) groups excluding carboxylic acids is 1. The Morgan fingerprint density at radius 1 is 1.17 bits per heavy atom. The molecule has 1 atom stereocenters. The van der Waals surface area contributed by atoms with Crippen LogP contribution in [0.2, 0.25) is 0 Å². The molecule has 2 aromatic rings. The van der Waals surface area contributed by atoms with E-state index in [9.17, 15) is 4.79 Å². The maximum absolute atomic E-state index is 12.6. The number of nitrogens with zero attached hydrogens (tertiary/aromatic N) is 1. The van der Waals surface area contributed by atoms with Crippen LogP contribution in [-0.4, -0.2) is 29.9 Å². The average molecular weight is 393 g/mol. The van der Waals surface area contributed by atoms with Crippen molar-refractivity contribution < 1.29 is 9.21 Å². The standard InChI is InChI=1S/C25H32N2O2/c1-18-9-10-21(29-18)17-27-13-11-25(12-14-27)16-19(22-7-2-3-8-23(22)25)15-24(28)26-20-5-4-6-20/h2-3,7-10,19-20H,4-6,11-17H2,1H3,(H,26,28)/t19-/m1/s1. The molecule has 1 spiro atoms. The minimum atomic E-state index is 0.244. The highest BCUT2D eigenvalue weighted by Crippen LogP contribution is 2.52. The van der Waals surface area contributed by atoms with Crippen molar-refractivity contribution in [2.75, 3.05) is 13.1 Å². The fraction of sp³-hybridized carbons (Fsp3) is 0.560. The number of benzene rings is 1. The Morgan fingerprint density at radius 2 is 1.97 bits per heavy atom. The molecule has 2 aliphatic carbocycles. The first-order valence-corrected chi connectivity index (χ1v) is 11.3. The summed E-state index contributed by atoms with van der Waals surface area (Å²) in [5.41, 5.74) is 3.18. The van der Waals surface area contributed by atoms with Gasteiger partial charge in [0.1, 0.15) is 11.5 Å². The Bertz CT molecular complexity index is 874. The summed E-state index contributed by atoms with van der Waals surface area (Å²) in [4.78, 5) is 15.1. The van der Waals surface area contributed by atoms with Crippen LogP contribution in [0.1, 0.15) is 73.5 Å². The third kappa shape index (κ3) is 3.75. The zero-order chi connectivity index (χ0) is 19.8. The molecule has 1 saturated carbocycles. The number of nitrogens with one attached hydrogen (secondary N) is 1. The predicted molar refractivity (Wildman–Crippen MR) is 114 cm³/mol. The molecule has 4 nitrogen and oxygen atoms in total. The van der Waals surface area contributed by atoms with Gasteiger partial charge in [0.2, 0.25) is 5.91 Å². The molecule has 1 amide bonds. The number of carbonyl (C=O) groups is 1. The van der Waals surface area contributed by atoms with Crippen molar-refractivity contribution in [3.8, 4) is 0 Å². The molecule has 2 heterocycles. The molecule has 5 rings (SSSR count). The Hall–Kier alpha value is -2.07. The van der Waals surface area contributed by atoms with Crippen LogP contribution in [0.5, 0.6) is 0 Å². The van der Waals surface area contributed by atoms with Crippen molar-refractivity contribution in [3.05, 3.63) is 59.0 Å².